The van der Waals surface area contributed by atoms with E-state index in [2.05, 4.69) is 36.6 Å². The van der Waals surface area contributed by atoms with Crippen LogP contribution in [0.5, 0.6) is 0 Å². The monoisotopic (exact) mass is 384 g/mol. The van der Waals surface area contributed by atoms with Crippen molar-refractivity contribution in [2.24, 2.45) is 0 Å². The molecule has 0 fully saturated rings. The smallest absolute Gasteiger partial charge is 0.255 e. The number of anilines is 2. The lowest BCUT2D eigenvalue weighted by Gasteiger charge is -2.08. The summed E-state index contributed by atoms with van der Waals surface area (Å²) in [7, 11) is 0. The van der Waals surface area contributed by atoms with Gasteiger partial charge in [-0.15, -0.1) is 0 Å². The highest BCUT2D eigenvalue weighted by atomic mass is 16.2. The highest BCUT2D eigenvalue weighted by Gasteiger charge is 2.06. The van der Waals surface area contributed by atoms with Crippen molar-refractivity contribution in [2.45, 2.75) is 19.8 Å². The Morgan fingerprint density at radius 3 is 2.10 bits per heavy atom. The largest absolute Gasteiger partial charge is 0.322 e. The summed E-state index contributed by atoms with van der Waals surface area (Å²) < 4.78 is 0. The molecule has 3 aromatic rings. The molecule has 0 heterocycles. The van der Waals surface area contributed by atoms with Crippen molar-refractivity contribution in [2.75, 3.05) is 10.6 Å². The van der Waals surface area contributed by atoms with E-state index >= 15 is 0 Å². The van der Waals surface area contributed by atoms with Crippen LogP contribution in [0.1, 0.15) is 41.3 Å². The van der Waals surface area contributed by atoms with E-state index in [1.165, 1.54) is 11.6 Å². The number of amides is 2. The molecule has 0 aliphatic rings. The van der Waals surface area contributed by atoms with Gasteiger partial charge in [-0.3, -0.25) is 9.59 Å². The molecule has 4 heteroatoms. The summed E-state index contributed by atoms with van der Waals surface area (Å²) in [6.45, 7) is 4.30. The molecule has 4 nitrogen and oxygen atoms in total. The van der Waals surface area contributed by atoms with Crippen LogP contribution in [0.15, 0.2) is 84.9 Å². The normalized spacial score (nSPS) is 10.9. The first-order chi connectivity index (χ1) is 14.0. The summed E-state index contributed by atoms with van der Waals surface area (Å²) in [4.78, 5) is 24.5. The summed E-state index contributed by atoms with van der Waals surface area (Å²) in [5, 5.41) is 5.65. The SMILES string of the molecule is CC(C)c1ccc(C=CC(=O)Nc2cccc(NC(=O)c3ccccc3)c2)cc1. The Morgan fingerprint density at radius 1 is 0.793 bits per heavy atom. The molecule has 0 atom stereocenters. The van der Waals surface area contributed by atoms with E-state index in [9.17, 15) is 9.59 Å². The van der Waals surface area contributed by atoms with Crippen LogP contribution in [-0.2, 0) is 4.79 Å². The predicted octanol–water partition coefficient (Wildman–Crippen LogP) is 5.71. The van der Waals surface area contributed by atoms with Gasteiger partial charge in [0, 0.05) is 23.0 Å². The van der Waals surface area contributed by atoms with Crippen LogP contribution in [0.25, 0.3) is 6.08 Å². The molecule has 0 radical (unpaired) electrons. The van der Waals surface area contributed by atoms with E-state index in [1.807, 2.05) is 30.3 Å². The van der Waals surface area contributed by atoms with Crippen LogP contribution in [0.4, 0.5) is 11.4 Å². The highest BCUT2D eigenvalue weighted by molar-refractivity contribution is 6.05. The molecule has 0 saturated heterocycles. The molecule has 3 aromatic carbocycles. The van der Waals surface area contributed by atoms with E-state index in [1.54, 1.807) is 42.5 Å². The van der Waals surface area contributed by atoms with Gasteiger partial charge in [0.05, 0.1) is 0 Å². The van der Waals surface area contributed by atoms with Crippen molar-refractivity contribution in [3.63, 3.8) is 0 Å². The van der Waals surface area contributed by atoms with Gasteiger partial charge in [-0.05, 0) is 53.5 Å². The Morgan fingerprint density at radius 2 is 1.45 bits per heavy atom. The number of benzene rings is 3. The predicted molar refractivity (Wildman–Crippen MR) is 119 cm³/mol. The lowest BCUT2D eigenvalue weighted by molar-refractivity contribution is -0.111. The molecular weight excluding hydrogens is 360 g/mol. The van der Waals surface area contributed by atoms with E-state index in [0.717, 1.165) is 5.56 Å². The fourth-order valence-electron chi connectivity index (χ4n) is 2.82. The van der Waals surface area contributed by atoms with Gasteiger partial charge < -0.3 is 10.6 Å². The van der Waals surface area contributed by atoms with Crippen LogP contribution >= 0.6 is 0 Å². The van der Waals surface area contributed by atoms with Crippen molar-refractivity contribution < 1.29 is 9.59 Å². The summed E-state index contributed by atoms with van der Waals surface area (Å²) in [6, 6.07) is 24.2. The topological polar surface area (TPSA) is 58.2 Å². The Hall–Kier alpha value is -3.66. The fourth-order valence-corrected chi connectivity index (χ4v) is 2.82. The maximum Gasteiger partial charge on any atom is 0.255 e. The lowest BCUT2D eigenvalue weighted by Crippen LogP contribution is -2.12. The Balaban J connectivity index is 1.60. The molecule has 0 bridgehead atoms. The van der Waals surface area contributed by atoms with Crippen LogP contribution in [-0.4, -0.2) is 11.8 Å². The van der Waals surface area contributed by atoms with E-state index in [0.29, 0.717) is 22.9 Å². The molecule has 0 spiro atoms. The molecule has 0 saturated carbocycles. The minimum absolute atomic E-state index is 0.196. The van der Waals surface area contributed by atoms with Gasteiger partial charge in [0.2, 0.25) is 5.91 Å². The van der Waals surface area contributed by atoms with Gasteiger partial charge in [-0.1, -0.05) is 62.4 Å². The van der Waals surface area contributed by atoms with Crippen molar-refractivity contribution in [3.05, 3.63) is 102 Å². The summed E-state index contributed by atoms with van der Waals surface area (Å²) in [5.41, 5.74) is 4.04. The van der Waals surface area contributed by atoms with Crippen molar-refractivity contribution >= 4 is 29.3 Å². The zero-order chi connectivity index (χ0) is 20.6. The van der Waals surface area contributed by atoms with Crippen molar-refractivity contribution in [3.8, 4) is 0 Å². The Labute approximate surface area is 171 Å². The first-order valence-corrected chi connectivity index (χ1v) is 9.57. The third-order valence-electron chi connectivity index (χ3n) is 4.45. The van der Waals surface area contributed by atoms with Crippen LogP contribution in [0, 0.1) is 0 Å². The first-order valence-electron chi connectivity index (χ1n) is 9.57. The minimum Gasteiger partial charge on any atom is -0.322 e. The number of nitrogens with one attached hydrogen (secondary N) is 2. The van der Waals surface area contributed by atoms with Gasteiger partial charge in [0.1, 0.15) is 0 Å². The molecule has 2 N–H and O–H groups in total. The number of carbonyl (C=O) groups is 2. The van der Waals surface area contributed by atoms with Crippen molar-refractivity contribution in [1.82, 2.24) is 0 Å². The molecule has 146 valence electrons. The fraction of sp³-hybridized carbons (Fsp3) is 0.120. The third-order valence-corrected chi connectivity index (χ3v) is 4.45. The molecule has 0 aliphatic heterocycles. The van der Waals surface area contributed by atoms with Gasteiger partial charge in [0.25, 0.3) is 5.91 Å². The number of carbonyl (C=O) groups excluding carboxylic acids is 2. The van der Waals surface area contributed by atoms with Crippen LogP contribution in [0.3, 0.4) is 0 Å². The van der Waals surface area contributed by atoms with Crippen molar-refractivity contribution in [1.29, 1.82) is 0 Å². The summed E-state index contributed by atoms with van der Waals surface area (Å²) >= 11 is 0. The number of rotatable bonds is 6. The van der Waals surface area contributed by atoms with Crippen LogP contribution in [0.2, 0.25) is 0 Å². The molecular formula is C25H24N2O2. The average molecular weight is 384 g/mol. The zero-order valence-electron chi connectivity index (χ0n) is 16.6. The van der Waals surface area contributed by atoms with Gasteiger partial charge in [0.15, 0.2) is 0 Å². The second kappa shape index (κ2) is 9.51. The second-order valence-corrected chi connectivity index (χ2v) is 7.04. The lowest BCUT2D eigenvalue weighted by atomic mass is 10.0. The molecule has 2 amide bonds. The van der Waals surface area contributed by atoms with Crippen LogP contribution < -0.4 is 10.6 Å². The maximum atomic E-state index is 12.3. The Bertz CT molecular complexity index is 1010. The molecule has 0 aliphatic carbocycles. The molecule has 29 heavy (non-hydrogen) atoms. The van der Waals surface area contributed by atoms with Gasteiger partial charge in [-0.2, -0.15) is 0 Å². The van der Waals surface area contributed by atoms with E-state index < -0.39 is 0 Å². The third kappa shape index (κ3) is 5.91. The van der Waals surface area contributed by atoms with E-state index in [-0.39, 0.29) is 11.8 Å². The maximum absolute atomic E-state index is 12.3. The average Bonchev–Trinajstić information content (AvgIpc) is 2.73. The minimum atomic E-state index is -0.232. The quantitative estimate of drug-likeness (QED) is 0.535. The number of hydrogen-bond donors (Lipinski definition) is 2. The van der Waals surface area contributed by atoms with Gasteiger partial charge in [-0.25, -0.2) is 0 Å². The first kappa shape index (κ1) is 20.1. The highest BCUT2D eigenvalue weighted by Crippen LogP contribution is 2.17. The molecule has 0 unspecified atom stereocenters. The molecule has 0 aromatic heterocycles. The van der Waals surface area contributed by atoms with E-state index in [4.69, 9.17) is 0 Å². The van der Waals surface area contributed by atoms with Gasteiger partial charge >= 0.3 is 0 Å². The number of hydrogen-bond acceptors (Lipinski definition) is 2. The molecule has 3 rings (SSSR count). The second-order valence-electron chi connectivity index (χ2n) is 7.04. The standard InChI is InChI=1S/C25H24N2O2/c1-18(2)20-14-11-19(12-15-20)13-16-24(28)26-22-9-6-10-23(17-22)27-25(29)21-7-4-3-5-8-21/h3-18H,1-2H3,(H,26,28)(H,27,29). The zero-order valence-corrected chi connectivity index (χ0v) is 16.6. The Kier molecular flexibility index (Phi) is 6.59. The summed E-state index contributed by atoms with van der Waals surface area (Å²) in [6.07, 6.45) is 3.28. The summed E-state index contributed by atoms with van der Waals surface area (Å²) in [5.74, 6) is 0.0503.